The van der Waals surface area contributed by atoms with Gasteiger partial charge >= 0.3 is 0 Å². The van der Waals surface area contributed by atoms with Crippen molar-refractivity contribution in [3.05, 3.63) is 35.6 Å². The number of rotatable bonds is 2. The molecule has 1 aromatic carbocycles. The molecule has 4 heteroatoms. The molecule has 3 N–H and O–H groups in total. The maximum Gasteiger partial charge on any atom is 0.188 e. The number of nitrogens with zero attached hydrogens (tertiary/aromatic N) is 1. The zero-order valence-electron chi connectivity index (χ0n) is 7.42. The second-order valence-corrected chi connectivity index (χ2v) is 2.59. The summed E-state index contributed by atoms with van der Waals surface area (Å²) >= 11 is 0. The predicted molar refractivity (Wildman–Crippen MR) is 50.8 cm³/mol. The van der Waals surface area contributed by atoms with E-state index in [2.05, 4.69) is 10.3 Å². The number of hydrogen-bond acceptors (Lipinski definition) is 1. The minimum Gasteiger partial charge on any atom is -0.370 e. The van der Waals surface area contributed by atoms with Crippen LogP contribution in [0.3, 0.4) is 0 Å². The molecule has 0 unspecified atom stereocenters. The molecule has 0 saturated carbocycles. The predicted octanol–water partition coefficient (Wildman–Crippen LogP) is 0.860. The Morgan fingerprint density at radius 1 is 1.62 bits per heavy atom. The molecule has 13 heavy (non-hydrogen) atoms. The summed E-state index contributed by atoms with van der Waals surface area (Å²) in [6, 6.07) is 6.33. The highest BCUT2D eigenvalue weighted by Crippen LogP contribution is 2.02. The van der Waals surface area contributed by atoms with E-state index >= 15 is 0 Å². The highest BCUT2D eigenvalue weighted by molar-refractivity contribution is 5.77. The lowest BCUT2D eigenvalue weighted by molar-refractivity contribution is 0.624. The standard InChI is InChI=1S/C9H12FN3/c1-12-9(11)13-6-7-3-2-4-8(10)5-7/h2-5H,6H2,1H3,(H3,11,12,13). The molecule has 0 aromatic heterocycles. The molecule has 0 fully saturated rings. The van der Waals surface area contributed by atoms with Crippen molar-refractivity contribution in [1.29, 1.82) is 0 Å². The average molecular weight is 181 g/mol. The number of guanidine groups is 1. The topological polar surface area (TPSA) is 50.4 Å². The number of hydrogen-bond donors (Lipinski definition) is 2. The first-order valence-electron chi connectivity index (χ1n) is 3.93. The first-order chi connectivity index (χ1) is 6.22. The van der Waals surface area contributed by atoms with Crippen LogP contribution in [0.2, 0.25) is 0 Å². The van der Waals surface area contributed by atoms with E-state index in [0.29, 0.717) is 12.5 Å². The van der Waals surface area contributed by atoms with Gasteiger partial charge in [0.1, 0.15) is 5.82 Å². The molecule has 1 aromatic rings. The summed E-state index contributed by atoms with van der Waals surface area (Å²) in [6.45, 7) is 0.487. The van der Waals surface area contributed by atoms with Gasteiger partial charge in [-0.2, -0.15) is 0 Å². The molecule has 0 atom stereocenters. The molecular formula is C9H12FN3. The van der Waals surface area contributed by atoms with Gasteiger partial charge in [0.2, 0.25) is 0 Å². The Morgan fingerprint density at radius 3 is 3.00 bits per heavy atom. The van der Waals surface area contributed by atoms with Crippen LogP contribution in [0.5, 0.6) is 0 Å². The molecule has 1 rings (SSSR count). The summed E-state index contributed by atoms with van der Waals surface area (Å²) < 4.78 is 12.7. The third-order valence-electron chi connectivity index (χ3n) is 1.60. The van der Waals surface area contributed by atoms with Crippen LogP contribution in [0.25, 0.3) is 0 Å². The van der Waals surface area contributed by atoms with Gasteiger partial charge < -0.3 is 11.1 Å². The van der Waals surface area contributed by atoms with Gasteiger partial charge in [-0.05, 0) is 17.7 Å². The number of aliphatic imine (C=N–C) groups is 1. The van der Waals surface area contributed by atoms with E-state index in [4.69, 9.17) is 5.73 Å². The minimum absolute atomic E-state index is 0.244. The molecule has 70 valence electrons. The molecule has 0 aliphatic heterocycles. The van der Waals surface area contributed by atoms with Crippen molar-refractivity contribution in [1.82, 2.24) is 5.32 Å². The fourth-order valence-electron chi connectivity index (χ4n) is 0.919. The summed E-state index contributed by atoms with van der Waals surface area (Å²) in [5.74, 6) is 0.107. The van der Waals surface area contributed by atoms with Crippen molar-refractivity contribution in [2.75, 3.05) is 7.05 Å². The third kappa shape index (κ3) is 3.11. The van der Waals surface area contributed by atoms with E-state index in [9.17, 15) is 4.39 Å². The molecule has 0 saturated heterocycles. The monoisotopic (exact) mass is 181 g/mol. The van der Waals surface area contributed by atoms with E-state index in [-0.39, 0.29) is 5.82 Å². The van der Waals surface area contributed by atoms with Crippen molar-refractivity contribution < 1.29 is 4.39 Å². The molecule has 0 heterocycles. The molecule has 0 amide bonds. The van der Waals surface area contributed by atoms with Crippen molar-refractivity contribution in [3.8, 4) is 0 Å². The molecule has 0 aliphatic carbocycles. The van der Waals surface area contributed by atoms with E-state index < -0.39 is 0 Å². The van der Waals surface area contributed by atoms with Gasteiger partial charge in [0.05, 0.1) is 0 Å². The van der Waals surface area contributed by atoms with E-state index in [1.807, 2.05) is 6.07 Å². The highest BCUT2D eigenvalue weighted by Gasteiger charge is 1.94. The molecule has 0 radical (unpaired) electrons. The van der Waals surface area contributed by atoms with Crippen molar-refractivity contribution >= 4 is 5.96 Å². The van der Waals surface area contributed by atoms with Gasteiger partial charge in [-0.1, -0.05) is 12.1 Å². The molecule has 3 nitrogen and oxygen atoms in total. The van der Waals surface area contributed by atoms with Crippen molar-refractivity contribution in [3.63, 3.8) is 0 Å². The summed E-state index contributed by atoms with van der Waals surface area (Å²) in [5.41, 5.74) is 6.24. The van der Waals surface area contributed by atoms with Crippen LogP contribution in [-0.2, 0) is 6.54 Å². The van der Waals surface area contributed by atoms with E-state index in [1.165, 1.54) is 12.1 Å². The van der Waals surface area contributed by atoms with Crippen LogP contribution in [0.15, 0.2) is 29.3 Å². The lowest BCUT2D eigenvalue weighted by atomic mass is 10.2. The largest absolute Gasteiger partial charge is 0.370 e. The summed E-state index contributed by atoms with van der Waals surface area (Å²) in [6.07, 6.45) is 0. The molecule has 0 spiro atoms. The Hall–Kier alpha value is -1.58. The molecule has 0 bridgehead atoms. The van der Waals surface area contributed by atoms with Gasteiger partial charge in [0.25, 0.3) is 0 Å². The van der Waals surface area contributed by atoms with Crippen molar-refractivity contribution in [2.45, 2.75) is 6.54 Å². The van der Waals surface area contributed by atoms with Gasteiger partial charge in [-0.25, -0.2) is 4.39 Å². The number of halogens is 1. The number of benzene rings is 1. The van der Waals surface area contributed by atoms with Crippen LogP contribution in [0.4, 0.5) is 4.39 Å². The second kappa shape index (κ2) is 4.45. The number of nitrogens with two attached hydrogens (primary N) is 1. The summed E-state index contributed by atoms with van der Waals surface area (Å²) in [7, 11) is 1.59. The fraction of sp³-hybridized carbons (Fsp3) is 0.222. The Bertz CT molecular complexity index is 309. The Labute approximate surface area is 76.5 Å². The first kappa shape index (κ1) is 9.51. The lowest BCUT2D eigenvalue weighted by Crippen LogP contribution is -2.30. The van der Waals surface area contributed by atoms with Crippen LogP contribution in [0.1, 0.15) is 5.56 Å². The maximum absolute atomic E-state index is 12.7. The number of nitrogens with one attached hydrogen (secondary N) is 1. The van der Waals surface area contributed by atoms with Crippen LogP contribution in [-0.4, -0.2) is 13.0 Å². The van der Waals surface area contributed by atoms with Gasteiger partial charge in [-0.3, -0.25) is 4.99 Å². The van der Waals surface area contributed by atoms with Gasteiger partial charge in [0.15, 0.2) is 5.96 Å². The highest BCUT2D eigenvalue weighted by atomic mass is 19.1. The van der Waals surface area contributed by atoms with Crippen LogP contribution < -0.4 is 11.1 Å². The van der Waals surface area contributed by atoms with Crippen LogP contribution >= 0.6 is 0 Å². The lowest BCUT2D eigenvalue weighted by Gasteiger charge is -2.04. The average Bonchev–Trinajstić information content (AvgIpc) is 2.14. The first-order valence-corrected chi connectivity index (χ1v) is 3.93. The van der Waals surface area contributed by atoms with Gasteiger partial charge in [0, 0.05) is 13.6 Å². The third-order valence-corrected chi connectivity index (χ3v) is 1.60. The Kier molecular flexibility index (Phi) is 3.25. The zero-order chi connectivity index (χ0) is 9.68. The van der Waals surface area contributed by atoms with E-state index in [1.54, 1.807) is 13.1 Å². The van der Waals surface area contributed by atoms with Crippen molar-refractivity contribution in [2.24, 2.45) is 10.7 Å². The Morgan fingerprint density at radius 2 is 2.38 bits per heavy atom. The second-order valence-electron chi connectivity index (χ2n) is 2.59. The zero-order valence-corrected chi connectivity index (χ0v) is 7.42. The SMILES string of the molecule is CN=C(N)NCc1cccc(F)c1. The minimum atomic E-state index is -0.244. The maximum atomic E-state index is 12.7. The smallest absolute Gasteiger partial charge is 0.188 e. The Balaban J connectivity index is 2.55. The normalized spacial score (nSPS) is 11.4. The molecule has 0 aliphatic rings. The quantitative estimate of drug-likeness (QED) is 0.525. The summed E-state index contributed by atoms with van der Waals surface area (Å²) in [5, 5.41) is 2.84. The molecular weight excluding hydrogens is 169 g/mol. The fourth-order valence-corrected chi connectivity index (χ4v) is 0.919. The van der Waals surface area contributed by atoms with E-state index in [0.717, 1.165) is 5.56 Å². The summed E-state index contributed by atoms with van der Waals surface area (Å²) in [4.78, 5) is 3.72. The van der Waals surface area contributed by atoms with Gasteiger partial charge in [-0.15, -0.1) is 0 Å². The van der Waals surface area contributed by atoms with Crippen LogP contribution in [0, 0.1) is 5.82 Å².